The zero-order chi connectivity index (χ0) is 18.5. The molecule has 0 spiro atoms. The summed E-state index contributed by atoms with van der Waals surface area (Å²) in [6.07, 6.45) is -2.00. The molecule has 132 valence electrons. The molecule has 0 radical (unpaired) electrons. The third-order valence-electron chi connectivity index (χ3n) is 2.72. The zero-order valence-electron chi connectivity index (χ0n) is 12.4. The van der Waals surface area contributed by atoms with Crippen LogP contribution in [0.5, 0.6) is 0 Å². The van der Waals surface area contributed by atoms with Crippen LogP contribution in [0.15, 0.2) is 18.2 Å². The van der Waals surface area contributed by atoms with Gasteiger partial charge in [-0.25, -0.2) is 4.79 Å². The first-order valence-electron chi connectivity index (χ1n) is 6.28. The number of alkyl carbamates (subject to hydrolysis) is 1. The van der Waals surface area contributed by atoms with Crippen LogP contribution in [-0.2, 0) is 4.74 Å². The lowest BCUT2D eigenvalue weighted by Crippen LogP contribution is -2.56. The first-order chi connectivity index (χ1) is 11.0. The topological polar surface area (TPSA) is 106 Å². The predicted octanol–water partition coefficient (Wildman–Crippen LogP) is 3.24. The maximum absolute atomic E-state index is 11.3. The van der Waals surface area contributed by atoms with Gasteiger partial charge in [-0.1, -0.05) is 34.8 Å². The molecule has 0 saturated carbocycles. The van der Waals surface area contributed by atoms with E-state index in [1.165, 1.54) is 18.2 Å². The van der Waals surface area contributed by atoms with E-state index in [4.69, 9.17) is 47.0 Å². The maximum atomic E-state index is 11.3. The summed E-state index contributed by atoms with van der Waals surface area (Å²) in [6.45, 7) is 1.66. The van der Waals surface area contributed by atoms with E-state index in [9.17, 15) is 14.9 Å². The highest BCUT2D eigenvalue weighted by Gasteiger charge is 2.35. The molecule has 0 saturated heterocycles. The van der Waals surface area contributed by atoms with Crippen molar-refractivity contribution in [2.24, 2.45) is 0 Å². The van der Waals surface area contributed by atoms with Gasteiger partial charge in [0, 0.05) is 17.8 Å². The van der Waals surface area contributed by atoms with Gasteiger partial charge >= 0.3 is 6.09 Å². The van der Waals surface area contributed by atoms with Gasteiger partial charge in [0.05, 0.1) is 12.0 Å². The molecule has 0 aliphatic carbocycles. The molecule has 1 aromatic carbocycles. The number of carbonyl (C=O) groups excluding carboxylic acids is 1. The molecule has 8 nitrogen and oxygen atoms in total. The van der Waals surface area contributed by atoms with Crippen molar-refractivity contribution in [3.05, 3.63) is 33.9 Å². The normalized spacial score (nSPS) is 12.0. The van der Waals surface area contributed by atoms with Crippen LogP contribution >= 0.6 is 47.0 Å². The van der Waals surface area contributed by atoms with Crippen LogP contribution in [-0.4, -0.2) is 33.2 Å². The van der Waals surface area contributed by atoms with Crippen molar-refractivity contribution in [2.45, 2.75) is 16.9 Å². The quantitative estimate of drug-likeness (QED) is 0.228. The fraction of sp³-hybridized carbons (Fsp3) is 0.333. The summed E-state index contributed by atoms with van der Waals surface area (Å²) >= 11 is 22.4. The van der Waals surface area contributed by atoms with Gasteiger partial charge in [-0.15, -0.1) is 0 Å². The van der Waals surface area contributed by atoms with E-state index in [-0.39, 0.29) is 10.8 Å². The predicted molar refractivity (Wildman–Crippen MR) is 96.8 cm³/mol. The number of hydrogen-bond donors (Lipinski definition) is 3. The second-order valence-electron chi connectivity index (χ2n) is 4.47. The number of methoxy groups -OCH3 is 1. The minimum Gasteiger partial charge on any atom is -0.453 e. The number of alkyl halides is 3. The molecule has 3 N–H and O–H groups in total. The fourth-order valence-corrected chi connectivity index (χ4v) is 2.12. The summed E-state index contributed by atoms with van der Waals surface area (Å²) in [6, 6.07) is 4.18. The lowest BCUT2D eigenvalue weighted by molar-refractivity contribution is -0.384. The van der Waals surface area contributed by atoms with Gasteiger partial charge in [0.25, 0.3) is 5.69 Å². The molecule has 0 fully saturated rings. The van der Waals surface area contributed by atoms with Crippen molar-refractivity contribution >= 4 is 69.6 Å². The van der Waals surface area contributed by atoms with Gasteiger partial charge < -0.3 is 15.4 Å². The monoisotopic (exact) mass is 414 g/mol. The Labute approximate surface area is 157 Å². The zero-order valence-corrected chi connectivity index (χ0v) is 15.5. The van der Waals surface area contributed by atoms with Crippen LogP contribution in [0.4, 0.5) is 16.2 Å². The molecular weight excluding hydrogens is 403 g/mol. The average Bonchev–Trinajstić information content (AvgIpc) is 2.47. The Hall–Kier alpha value is -1.55. The number of nitro benzene ring substituents is 1. The molecule has 1 aromatic rings. The summed E-state index contributed by atoms with van der Waals surface area (Å²) in [5.74, 6) is 0. The van der Waals surface area contributed by atoms with Gasteiger partial charge in [-0.2, -0.15) is 0 Å². The minimum atomic E-state index is -1.91. The SMILES string of the molecule is COC(=O)N[C@H](NC(=S)Nc1ccc([N+](=O)[O-])cc1C)C(Cl)(Cl)Cl. The number of thiocarbonyl (C=S) groups is 1. The highest BCUT2D eigenvalue weighted by Crippen LogP contribution is 2.29. The highest BCUT2D eigenvalue weighted by atomic mass is 35.6. The Kier molecular flexibility index (Phi) is 7.27. The van der Waals surface area contributed by atoms with Gasteiger partial charge in [-0.05, 0) is 30.8 Å². The number of non-ortho nitro benzene ring substituents is 1. The molecule has 24 heavy (non-hydrogen) atoms. The Morgan fingerprint density at radius 1 is 1.38 bits per heavy atom. The van der Waals surface area contributed by atoms with Crippen LogP contribution in [0.25, 0.3) is 0 Å². The number of carbonyl (C=O) groups is 1. The molecule has 0 heterocycles. The Balaban J connectivity index is 2.82. The molecule has 1 rings (SSSR count). The number of anilines is 1. The summed E-state index contributed by atoms with van der Waals surface area (Å²) in [5, 5.41) is 18.4. The van der Waals surface area contributed by atoms with E-state index < -0.39 is 21.0 Å². The number of rotatable bonds is 4. The van der Waals surface area contributed by atoms with E-state index in [0.717, 1.165) is 7.11 Å². The van der Waals surface area contributed by atoms with E-state index in [0.29, 0.717) is 11.3 Å². The lowest BCUT2D eigenvalue weighted by Gasteiger charge is -2.27. The number of benzene rings is 1. The second kappa shape index (κ2) is 8.52. The van der Waals surface area contributed by atoms with Gasteiger partial charge in [-0.3, -0.25) is 15.4 Å². The Bertz CT molecular complexity index is 654. The molecule has 0 unspecified atom stereocenters. The van der Waals surface area contributed by atoms with Gasteiger partial charge in [0.15, 0.2) is 11.3 Å². The smallest absolute Gasteiger partial charge is 0.408 e. The van der Waals surface area contributed by atoms with Crippen LogP contribution in [0.1, 0.15) is 5.56 Å². The van der Waals surface area contributed by atoms with Crippen molar-refractivity contribution in [3.63, 3.8) is 0 Å². The van der Waals surface area contributed by atoms with Crippen LogP contribution in [0.3, 0.4) is 0 Å². The standard InChI is InChI=1S/C12H13Cl3N4O4S/c1-6-5-7(19(21)22)3-4-8(6)16-10(24)17-9(12(13,14)15)18-11(20)23-2/h3-5,9H,1-2H3,(H,18,20)(H2,16,17,24)/t9-/m0/s1. The minimum absolute atomic E-state index is 0.0275. The number of halogens is 3. The van der Waals surface area contributed by atoms with Crippen molar-refractivity contribution in [3.8, 4) is 0 Å². The van der Waals surface area contributed by atoms with Gasteiger partial charge in [0.2, 0.25) is 3.79 Å². The summed E-state index contributed by atoms with van der Waals surface area (Å²) < 4.78 is 2.52. The first-order valence-corrected chi connectivity index (χ1v) is 7.82. The van der Waals surface area contributed by atoms with Crippen molar-refractivity contribution < 1.29 is 14.5 Å². The highest BCUT2D eigenvalue weighted by molar-refractivity contribution is 7.80. The summed E-state index contributed by atoms with van der Waals surface area (Å²) in [5.41, 5.74) is 1.04. The van der Waals surface area contributed by atoms with E-state index in [1.54, 1.807) is 6.92 Å². The van der Waals surface area contributed by atoms with Crippen LogP contribution in [0.2, 0.25) is 0 Å². The number of aryl methyl sites for hydroxylation is 1. The molecule has 0 aliphatic rings. The largest absolute Gasteiger partial charge is 0.453 e. The molecular formula is C12H13Cl3N4O4S. The summed E-state index contributed by atoms with van der Waals surface area (Å²) in [7, 11) is 1.15. The van der Waals surface area contributed by atoms with Gasteiger partial charge in [0.1, 0.15) is 0 Å². The third kappa shape index (κ3) is 6.16. The van der Waals surface area contributed by atoms with Crippen molar-refractivity contribution in [2.75, 3.05) is 12.4 Å². The lowest BCUT2D eigenvalue weighted by atomic mass is 10.2. The number of nitro groups is 1. The third-order valence-corrected chi connectivity index (χ3v) is 3.59. The van der Waals surface area contributed by atoms with E-state index in [2.05, 4.69) is 20.7 Å². The molecule has 12 heteroatoms. The van der Waals surface area contributed by atoms with Crippen LogP contribution < -0.4 is 16.0 Å². The number of nitrogens with zero attached hydrogens (tertiary/aromatic N) is 1. The maximum Gasteiger partial charge on any atom is 0.408 e. The van der Waals surface area contributed by atoms with E-state index >= 15 is 0 Å². The number of nitrogens with one attached hydrogen (secondary N) is 3. The number of amides is 1. The number of hydrogen-bond acceptors (Lipinski definition) is 5. The molecule has 1 amide bonds. The average molecular weight is 416 g/mol. The Morgan fingerprint density at radius 2 is 2.00 bits per heavy atom. The number of ether oxygens (including phenoxy) is 1. The van der Waals surface area contributed by atoms with E-state index in [1.807, 2.05) is 0 Å². The molecule has 0 aliphatic heterocycles. The molecule has 0 aromatic heterocycles. The summed E-state index contributed by atoms with van der Waals surface area (Å²) in [4.78, 5) is 21.5. The Morgan fingerprint density at radius 3 is 2.46 bits per heavy atom. The second-order valence-corrected chi connectivity index (χ2v) is 7.24. The first kappa shape index (κ1) is 20.5. The fourth-order valence-electron chi connectivity index (χ4n) is 1.57. The van der Waals surface area contributed by atoms with Crippen molar-refractivity contribution in [1.29, 1.82) is 0 Å². The van der Waals surface area contributed by atoms with Crippen LogP contribution in [0, 0.1) is 17.0 Å². The van der Waals surface area contributed by atoms with Crippen molar-refractivity contribution in [1.82, 2.24) is 10.6 Å². The molecule has 1 atom stereocenters. The molecule has 0 bridgehead atoms.